The molecule has 1 aliphatic rings. The van der Waals surface area contributed by atoms with E-state index in [1.165, 1.54) is 37.1 Å². The van der Waals surface area contributed by atoms with E-state index in [0.29, 0.717) is 11.8 Å². The average Bonchev–Trinajstić information content (AvgIpc) is 3.15. The molecule has 1 aliphatic carbocycles. The Balaban J connectivity index is 2.31. The van der Waals surface area contributed by atoms with E-state index in [-0.39, 0.29) is 0 Å². The van der Waals surface area contributed by atoms with Gasteiger partial charge in [-0.2, -0.15) is 0 Å². The number of allylic oxidation sites excluding steroid dienone is 6. The average molecular weight is 369 g/mol. The highest BCUT2D eigenvalue weighted by atomic mass is 32.1. The second-order valence-electron chi connectivity index (χ2n) is 6.98. The van der Waals surface area contributed by atoms with Gasteiger partial charge in [-0.05, 0) is 82.4 Å². The molecule has 0 fully saturated rings. The zero-order valence-corrected chi connectivity index (χ0v) is 17.8. The van der Waals surface area contributed by atoms with Gasteiger partial charge in [-0.15, -0.1) is 22.7 Å². The molecule has 2 aromatic heterocycles. The van der Waals surface area contributed by atoms with E-state index < -0.39 is 0 Å². The summed E-state index contributed by atoms with van der Waals surface area (Å²) < 4.78 is 0. The Morgan fingerprint density at radius 1 is 0.760 bits per heavy atom. The van der Waals surface area contributed by atoms with Crippen molar-refractivity contribution >= 4 is 33.8 Å². The third-order valence-corrected chi connectivity index (χ3v) is 6.98. The van der Waals surface area contributed by atoms with Crippen molar-refractivity contribution in [3.8, 4) is 0 Å². The van der Waals surface area contributed by atoms with Crippen LogP contribution < -0.4 is 0 Å². The Morgan fingerprint density at radius 2 is 1.16 bits per heavy atom. The first kappa shape index (κ1) is 18.4. The number of hydrogen-bond acceptors (Lipinski definition) is 2. The fourth-order valence-corrected chi connectivity index (χ4v) is 6.09. The predicted molar refractivity (Wildman–Crippen MR) is 116 cm³/mol. The molecule has 0 aromatic carbocycles. The number of rotatable bonds is 4. The van der Waals surface area contributed by atoms with Crippen molar-refractivity contribution in [1.29, 1.82) is 0 Å². The minimum absolute atomic E-state index is 0.508. The molecule has 2 heteroatoms. The largest absolute Gasteiger partial charge is 0.145 e. The standard InChI is InChI=1S/C23H28S2/c1-7-9-18-13-19(10-8-2)23(21-12-15(4)25-17(21)6)22(18)20-11-14(3)24-16(20)5/h7-12,18-19H,13H2,1-6H3/b9-7+,10-8+. The smallest absolute Gasteiger partial charge is 0.00924 e. The van der Waals surface area contributed by atoms with Crippen LogP contribution in [-0.2, 0) is 0 Å². The molecule has 0 saturated carbocycles. The van der Waals surface area contributed by atoms with Crippen molar-refractivity contribution < 1.29 is 0 Å². The van der Waals surface area contributed by atoms with Crippen molar-refractivity contribution in [3.63, 3.8) is 0 Å². The molecule has 2 unspecified atom stereocenters. The summed E-state index contributed by atoms with van der Waals surface area (Å²) in [6.07, 6.45) is 10.4. The maximum atomic E-state index is 2.40. The maximum Gasteiger partial charge on any atom is 0.00924 e. The number of thiophene rings is 2. The minimum Gasteiger partial charge on any atom is -0.145 e. The van der Waals surface area contributed by atoms with E-state index in [2.05, 4.69) is 78.0 Å². The summed E-state index contributed by atoms with van der Waals surface area (Å²) in [6, 6.07) is 4.80. The molecule has 0 radical (unpaired) electrons. The summed E-state index contributed by atoms with van der Waals surface area (Å²) in [7, 11) is 0. The first-order valence-electron chi connectivity index (χ1n) is 9.10. The van der Waals surface area contributed by atoms with Gasteiger partial charge in [0.1, 0.15) is 0 Å². The third-order valence-electron chi connectivity index (χ3n) is 5.05. The van der Waals surface area contributed by atoms with Gasteiger partial charge in [0.25, 0.3) is 0 Å². The molecule has 0 aliphatic heterocycles. The van der Waals surface area contributed by atoms with E-state index in [1.54, 1.807) is 11.1 Å². The summed E-state index contributed by atoms with van der Waals surface area (Å²) in [6.45, 7) is 13.3. The van der Waals surface area contributed by atoms with Crippen LogP contribution in [0.15, 0.2) is 36.4 Å². The fraction of sp³-hybridized carbons (Fsp3) is 0.391. The molecule has 132 valence electrons. The lowest BCUT2D eigenvalue weighted by molar-refractivity contribution is 0.690. The number of aryl methyl sites for hydroxylation is 4. The van der Waals surface area contributed by atoms with Crippen LogP contribution in [0.3, 0.4) is 0 Å². The van der Waals surface area contributed by atoms with Crippen LogP contribution in [0.1, 0.15) is 50.9 Å². The van der Waals surface area contributed by atoms with Crippen molar-refractivity contribution in [2.24, 2.45) is 11.8 Å². The Bertz CT molecular complexity index is 785. The topological polar surface area (TPSA) is 0 Å². The van der Waals surface area contributed by atoms with Gasteiger partial charge in [0.15, 0.2) is 0 Å². The molecule has 2 atom stereocenters. The Kier molecular flexibility index (Phi) is 5.50. The van der Waals surface area contributed by atoms with Gasteiger partial charge in [0, 0.05) is 31.3 Å². The Labute approximate surface area is 160 Å². The van der Waals surface area contributed by atoms with Gasteiger partial charge >= 0.3 is 0 Å². The lowest BCUT2D eigenvalue weighted by Crippen LogP contribution is -1.96. The summed E-state index contributed by atoms with van der Waals surface area (Å²) in [4.78, 5) is 5.72. The van der Waals surface area contributed by atoms with Crippen LogP contribution in [0, 0.1) is 39.5 Å². The highest BCUT2D eigenvalue weighted by Gasteiger charge is 2.34. The van der Waals surface area contributed by atoms with Crippen LogP contribution in [0.5, 0.6) is 0 Å². The van der Waals surface area contributed by atoms with E-state index in [0.717, 1.165) is 0 Å². The summed E-state index contributed by atoms with van der Waals surface area (Å²) in [5, 5.41) is 0. The number of hydrogen-bond donors (Lipinski definition) is 0. The molecular formula is C23H28S2. The Hall–Kier alpha value is -1.38. The summed E-state index contributed by atoms with van der Waals surface area (Å²) in [5.74, 6) is 1.02. The lowest BCUT2D eigenvalue weighted by atomic mass is 9.90. The van der Waals surface area contributed by atoms with E-state index in [9.17, 15) is 0 Å². The minimum atomic E-state index is 0.508. The zero-order chi connectivity index (χ0) is 18.1. The molecule has 0 saturated heterocycles. The normalized spacial score (nSPS) is 21.4. The van der Waals surface area contributed by atoms with Gasteiger partial charge in [-0.1, -0.05) is 24.3 Å². The predicted octanol–water partition coefficient (Wildman–Crippen LogP) is 7.74. The SMILES string of the molecule is C/C=C/C1CC(/C=C/C)C(c2cc(C)sc2C)=C1c1cc(C)sc1C. The van der Waals surface area contributed by atoms with Gasteiger partial charge < -0.3 is 0 Å². The van der Waals surface area contributed by atoms with E-state index in [1.807, 2.05) is 22.7 Å². The second-order valence-corrected chi connectivity index (χ2v) is 9.90. The molecule has 0 spiro atoms. The van der Waals surface area contributed by atoms with Crippen LogP contribution >= 0.6 is 22.7 Å². The molecule has 25 heavy (non-hydrogen) atoms. The van der Waals surface area contributed by atoms with Crippen LogP contribution in [-0.4, -0.2) is 0 Å². The van der Waals surface area contributed by atoms with Gasteiger partial charge in [-0.25, -0.2) is 0 Å². The van der Waals surface area contributed by atoms with Crippen LogP contribution in [0.4, 0.5) is 0 Å². The highest BCUT2D eigenvalue weighted by Crippen LogP contribution is 2.51. The molecule has 2 aromatic rings. The van der Waals surface area contributed by atoms with Gasteiger partial charge in [-0.3, -0.25) is 0 Å². The first-order valence-corrected chi connectivity index (χ1v) is 10.7. The molecule has 0 bridgehead atoms. The van der Waals surface area contributed by atoms with Gasteiger partial charge in [0.2, 0.25) is 0 Å². The van der Waals surface area contributed by atoms with Crippen molar-refractivity contribution in [2.75, 3.05) is 0 Å². The molecule has 3 rings (SSSR count). The fourth-order valence-electron chi connectivity index (χ4n) is 4.21. The summed E-state index contributed by atoms with van der Waals surface area (Å²) >= 11 is 3.85. The zero-order valence-electron chi connectivity index (χ0n) is 16.1. The highest BCUT2D eigenvalue weighted by molar-refractivity contribution is 7.12. The van der Waals surface area contributed by atoms with E-state index >= 15 is 0 Å². The monoisotopic (exact) mass is 368 g/mol. The quantitative estimate of drug-likeness (QED) is 0.484. The molecule has 0 amide bonds. The Morgan fingerprint density at radius 3 is 1.44 bits per heavy atom. The van der Waals surface area contributed by atoms with E-state index in [4.69, 9.17) is 0 Å². The molecule has 0 N–H and O–H groups in total. The van der Waals surface area contributed by atoms with Crippen molar-refractivity contribution in [1.82, 2.24) is 0 Å². The molecular weight excluding hydrogens is 340 g/mol. The summed E-state index contributed by atoms with van der Waals surface area (Å²) in [5.41, 5.74) is 6.06. The molecule has 0 nitrogen and oxygen atoms in total. The van der Waals surface area contributed by atoms with Gasteiger partial charge in [0.05, 0.1) is 0 Å². The first-order chi connectivity index (χ1) is 12.0. The van der Waals surface area contributed by atoms with Crippen molar-refractivity contribution in [3.05, 3.63) is 67.1 Å². The molecule has 2 heterocycles. The third kappa shape index (κ3) is 3.47. The van der Waals surface area contributed by atoms with Crippen LogP contribution in [0.2, 0.25) is 0 Å². The lowest BCUT2D eigenvalue weighted by Gasteiger charge is -2.14. The van der Waals surface area contributed by atoms with Crippen LogP contribution in [0.25, 0.3) is 11.1 Å². The maximum absolute atomic E-state index is 2.40. The van der Waals surface area contributed by atoms with Crippen molar-refractivity contribution in [2.45, 2.75) is 48.0 Å². The second kappa shape index (κ2) is 7.47.